The average molecular weight is 198 g/mol. The molecule has 1 unspecified atom stereocenters. The maximum Gasteiger partial charge on any atom is 0.139 e. The second-order valence-electron chi connectivity index (χ2n) is 3.84. The first kappa shape index (κ1) is 11.2. The van der Waals surface area contributed by atoms with Gasteiger partial charge in [0.1, 0.15) is 5.76 Å². The molecule has 2 N–H and O–H groups in total. The van der Waals surface area contributed by atoms with Crippen LogP contribution in [-0.2, 0) is 6.54 Å². The van der Waals surface area contributed by atoms with Gasteiger partial charge in [-0.3, -0.25) is 0 Å². The first-order valence-electron chi connectivity index (χ1n) is 4.93. The number of aromatic nitrogens is 1. The van der Waals surface area contributed by atoms with Crippen LogP contribution >= 0.6 is 0 Å². The van der Waals surface area contributed by atoms with Crippen molar-refractivity contribution in [3.63, 3.8) is 0 Å². The van der Waals surface area contributed by atoms with Crippen LogP contribution in [0.25, 0.3) is 0 Å². The Balaban J connectivity index is 2.44. The molecular weight excluding hydrogens is 180 g/mol. The monoisotopic (exact) mass is 198 g/mol. The van der Waals surface area contributed by atoms with E-state index in [2.05, 4.69) is 24.3 Å². The Kier molecular flexibility index (Phi) is 4.10. The molecule has 0 fully saturated rings. The number of nitrogens with zero attached hydrogens (tertiary/aromatic N) is 1. The fraction of sp³-hybridized carbons (Fsp3) is 0.700. The van der Waals surface area contributed by atoms with Crippen LogP contribution in [0.3, 0.4) is 0 Å². The van der Waals surface area contributed by atoms with E-state index in [0.29, 0.717) is 12.5 Å². The van der Waals surface area contributed by atoms with E-state index >= 15 is 0 Å². The van der Waals surface area contributed by atoms with Crippen molar-refractivity contribution >= 4 is 0 Å². The zero-order valence-corrected chi connectivity index (χ0v) is 8.95. The molecule has 0 saturated heterocycles. The van der Waals surface area contributed by atoms with Gasteiger partial charge in [-0.05, 0) is 6.92 Å². The summed E-state index contributed by atoms with van der Waals surface area (Å²) >= 11 is 0. The lowest BCUT2D eigenvalue weighted by Gasteiger charge is -2.07. The lowest BCUT2D eigenvalue weighted by Crippen LogP contribution is -2.28. The number of aliphatic hydroxyl groups excluding tert-OH is 1. The predicted molar refractivity (Wildman–Crippen MR) is 54.0 cm³/mol. The van der Waals surface area contributed by atoms with E-state index < -0.39 is 0 Å². The Bertz CT molecular complexity index is 271. The molecule has 14 heavy (non-hydrogen) atoms. The van der Waals surface area contributed by atoms with E-state index in [1.165, 1.54) is 0 Å². The van der Waals surface area contributed by atoms with Crippen molar-refractivity contribution in [3.8, 4) is 0 Å². The lowest BCUT2D eigenvalue weighted by atomic mass is 10.1. The average Bonchev–Trinajstić information content (AvgIpc) is 2.62. The van der Waals surface area contributed by atoms with Gasteiger partial charge in [0.05, 0.1) is 12.3 Å². The van der Waals surface area contributed by atoms with E-state index in [1.54, 1.807) is 0 Å². The number of hydrogen-bond donors (Lipinski definition) is 2. The zero-order chi connectivity index (χ0) is 10.6. The molecule has 0 radical (unpaired) electrons. The van der Waals surface area contributed by atoms with Crippen molar-refractivity contribution in [3.05, 3.63) is 17.5 Å². The normalized spacial score (nSPS) is 13.5. The maximum absolute atomic E-state index is 8.80. The highest BCUT2D eigenvalue weighted by Crippen LogP contribution is 2.14. The molecule has 4 heteroatoms. The van der Waals surface area contributed by atoms with Crippen LogP contribution in [0, 0.1) is 0 Å². The van der Waals surface area contributed by atoms with Crippen molar-refractivity contribution in [2.24, 2.45) is 0 Å². The van der Waals surface area contributed by atoms with Crippen LogP contribution in [-0.4, -0.2) is 22.9 Å². The summed E-state index contributed by atoms with van der Waals surface area (Å²) in [6, 6.07) is 2.04. The molecule has 1 aromatic rings. The Hall–Kier alpha value is -0.870. The maximum atomic E-state index is 8.80. The number of rotatable bonds is 5. The minimum atomic E-state index is 0.0919. The van der Waals surface area contributed by atoms with E-state index in [1.807, 2.05) is 13.0 Å². The third kappa shape index (κ3) is 3.12. The molecule has 0 spiro atoms. The Labute approximate surface area is 84.3 Å². The van der Waals surface area contributed by atoms with Crippen molar-refractivity contribution in [2.75, 3.05) is 6.61 Å². The highest BCUT2D eigenvalue weighted by atomic mass is 16.5. The van der Waals surface area contributed by atoms with Crippen LogP contribution < -0.4 is 5.32 Å². The van der Waals surface area contributed by atoms with Gasteiger partial charge in [-0.25, -0.2) is 0 Å². The molecule has 80 valence electrons. The molecule has 0 saturated carbocycles. The Morgan fingerprint density at radius 2 is 2.21 bits per heavy atom. The van der Waals surface area contributed by atoms with Crippen molar-refractivity contribution in [1.82, 2.24) is 10.5 Å². The number of aliphatic hydroxyl groups is 1. The molecule has 0 bridgehead atoms. The summed E-state index contributed by atoms with van der Waals surface area (Å²) in [6.45, 7) is 6.82. The van der Waals surface area contributed by atoms with Gasteiger partial charge in [0, 0.05) is 24.6 Å². The van der Waals surface area contributed by atoms with Gasteiger partial charge >= 0.3 is 0 Å². The van der Waals surface area contributed by atoms with Crippen LogP contribution in [0.1, 0.15) is 38.1 Å². The molecule has 1 atom stereocenters. The first-order valence-corrected chi connectivity index (χ1v) is 4.93. The van der Waals surface area contributed by atoms with Gasteiger partial charge in [-0.1, -0.05) is 19.0 Å². The Morgan fingerprint density at radius 1 is 1.50 bits per heavy atom. The summed E-state index contributed by atoms with van der Waals surface area (Å²) in [5.41, 5.74) is 0.883. The summed E-state index contributed by atoms with van der Waals surface area (Å²) in [5, 5.41) is 15.9. The summed E-state index contributed by atoms with van der Waals surface area (Å²) < 4.78 is 5.14. The summed E-state index contributed by atoms with van der Waals surface area (Å²) in [4.78, 5) is 0. The largest absolute Gasteiger partial charge is 0.395 e. The summed E-state index contributed by atoms with van der Waals surface area (Å²) in [5.74, 6) is 1.27. The standard InChI is InChI=1S/C10H18N2O2/c1-7(2)10-4-9(12-14-10)5-11-8(3)6-13/h4,7-8,11,13H,5-6H2,1-3H3. The number of hydrogen-bond acceptors (Lipinski definition) is 4. The predicted octanol–water partition coefficient (Wildman–Crippen LogP) is 1.27. The van der Waals surface area contributed by atoms with E-state index in [0.717, 1.165) is 11.5 Å². The third-order valence-corrected chi connectivity index (χ3v) is 2.05. The van der Waals surface area contributed by atoms with Crippen LogP contribution in [0.15, 0.2) is 10.6 Å². The second-order valence-corrected chi connectivity index (χ2v) is 3.84. The quantitative estimate of drug-likeness (QED) is 0.748. The molecule has 0 aliphatic heterocycles. The van der Waals surface area contributed by atoms with Gasteiger partial charge in [-0.2, -0.15) is 0 Å². The number of nitrogens with one attached hydrogen (secondary N) is 1. The SMILES string of the molecule is CC(CO)NCc1cc(C(C)C)on1. The van der Waals surface area contributed by atoms with Crippen molar-refractivity contribution < 1.29 is 9.63 Å². The van der Waals surface area contributed by atoms with E-state index in [9.17, 15) is 0 Å². The molecule has 0 aromatic carbocycles. The zero-order valence-electron chi connectivity index (χ0n) is 8.95. The smallest absolute Gasteiger partial charge is 0.139 e. The third-order valence-electron chi connectivity index (χ3n) is 2.05. The van der Waals surface area contributed by atoms with Gasteiger partial charge < -0.3 is 14.9 Å². The van der Waals surface area contributed by atoms with Crippen LogP contribution in [0.4, 0.5) is 0 Å². The van der Waals surface area contributed by atoms with E-state index in [4.69, 9.17) is 9.63 Å². The molecule has 1 heterocycles. The van der Waals surface area contributed by atoms with Gasteiger partial charge in [0.25, 0.3) is 0 Å². The minimum absolute atomic E-state index is 0.0919. The molecule has 0 aliphatic carbocycles. The minimum Gasteiger partial charge on any atom is -0.395 e. The molecule has 0 aliphatic rings. The molecular formula is C10H18N2O2. The van der Waals surface area contributed by atoms with Gasteiger partial charge in [0.15, 0.2) is 0 Å². The van der Waals surface area contributed by atoms with E-state index in [-0.39, 0.29) is 12.6 Å². The fourth-order valence-electron chi connectivity index (χ4n) is 1.03. The molecule has 1 rings (SSSR count). The van der Waals surface area contributed by atoms with Gasteiger partial charge in [-0.15, -0.1) is 0 Å². The topological polar surface area (TPSA) is 58.3 Å². The van der Waals surface area contributed by atoms with Crippen LogP contribution in [0.5, 0.6) is 0 Å². The highest BCUT2D eigenvalue weighted by molar-refractivity contribution is 5.08. The van der Waals surface area contributed by atoms with Crippen LogP contribution in [0.2, 0.25) is 0 Å². The van der Waals surface area contributed by atoms with Crippen molar-refractivity contribution in [2.45, 2.75) is 39.3 Å². The molecule has 4 nitrogen and oxygen atoms in total. The van der Waals surface area contributed by atoms with Gasteiger partial charge in [0.2, 0.25) is 0 Å². The summed E-state index contributed by atoms with van der Waals surface area (Å²) in [6.07, 6.45) is 0. The highest BCUT2D eigenvalue weighted by Gasteiger charge is 2.08. The van der Waals surface area contributed by atoms with Crippen molar-refractivity contribution in [1.29, 1.82) is 0 Å². The Morgan fingerprint density at radius 3 is 2.71 bits per heavy atom. The lowest BCUT2D eigenvalue weighted by molar-refractivity contribution is 0.250. The first-order chi connectivity index (χ1) is 6.63. The molecule has 0 amide bonds. The second kappa shape index (κ2) is 5.12. The summed E-state index contributed by atoms with van der Waals surface area (Å²) in [7, 11) is 0. The molecule has 1 aromatic heterocycles. The fourth-order valence-corrected chi connectivity index (χ4v) is 1.03.